The van der Waals surface area contributed by atoms with Crippen molar-refractivity contribution in [1.82, 2.24) is 0 Å². The first-order valence-corrected chi connectivity index (χ1v) is 11.3. The zero-order valence-corrected chi connectivity index (χ0v) is 19.0. The van der Waals surface area contributed by atoms with Crippen LogP contribution >= 0.6 is 0 Å². The third-order valence-electron chi connectivity index (χ3n) is 5.68. The van der Waals surface area contributed by atoms with E-state index in [1.165, 1.54) is 47.1 Å². The number of benzene rings is 3. The van der Waals surface area contributed by atoms with Crippen LogP contribution in [0, 0.1) is 0 Å². The summed E-state index contributed by atoms with van der Waals surface area (Å²) in [6.07, 6.45) is 5.95. The molecule has 0 saturated heterocycles. The Morgan fingerprint density at radius 3 is 2.10 bits per heavy atom. The molecule has 0 saturated carbocycles. The summed E-state index contributed by atoms with van der Waals surface area (Å²) in [5.74, 6) is -0.150. The van der Waals surface area contributed by atoms with Gasteiger partial charge in [0.25, 0.3) is 5.91 Å². The van der Waals surface area contributed by atoms with E-state index >= 15 is 0 Å². The lowest BCUT2D eigenvalue weighted by Gasteiger charge is -2.13. The molecule has 160 valence electrons. The van der Waals surface area contributed by atoms with Crippen LogP contribution in [0.2, 0.25) is 0 Å². The Morgan fingerprint density at radius 1 is 0.839 bits per heavy atom. The summed E-state index contributed by atoms with van der Waals surface area (Å²) in [7, 11) is 0. The number of hydrogen-bond acceptors (Lipinski definition) is 1. The Balaban J connectivity index is 1.78. The van der Waals surface area contributed by atoms with Crippen molar-refractivity contribution < 1.29 is 4.79 Å². The fourth-order valence-electron chi connectivity index (χ4n) is 3.76. The standard InChI is InChI=1S/C29H33NO/c1-5-7-8-9-22-10-12-24(13-11-22)26-16-19-28(23(6-2)20-26)25-14-17-27(18-15-25)30-29(31)21(3)4/h10-20H,3,5-9H2,1-2,4H3,(H,30,31). The fourth-order valence-corrected chi connectivity index (χ4v) is 3.76. The number of anilines is 1. The van der Waals surface area contributed by atoms with Gasteiger partial charge in [-0.3, -0.25) is 4.79 Å². The first-order chi connectivity index (χ1) is 15.0. The third kappa shape index (κ3) is 5.95. The van der Waals surface area contributed by atoms with Crippen molar-refractivity contribution in [2.24, 2.45) is 0 Å². The van der Waals surface area contributed by atoms with Gasteiger partial charge in [-0.2, -0.15) is 0 Å². The molecule has 1 N–H and O–H groups in total. The highest BCUT2D eigenvalue weighted by Gasteiger charge is 2.08. The Bertz CT molecular complexity index is 1030. The van der Waals surface area contributed by atoms with Crippen LogP contribution in [0.5, 0.6) is 0 Å². The van der Waals surface area contributed by atoms with E-state index in [-0.39, 0.29) is 5.91 Å². The van der Waals surface area contributed by atoms with Crippen molar-refractivity contribution >= 4 is 11.6 Å². The highest BCUT2D eigenvalue weighted by Crippen LogP contribution is 2.30. The summed E-state index contributed by atoms with van der Waals surface area (Å²) in [5, 5.41) is 2.86. The van der Waals surface area contributed by atoms with Gasteiger partial charge >= 0.3 is 0 Å². The van der Waals surface area contributed by atoms with E-state index < -0.39 is 0 Å². The van der Waals surface area contributed by atoms with Gasteiger partial charge in [0.2, 0.25) is 0 Å². The molecule has 0 unspecified atom stereocenters. The molecule has 2 nitrogen and oxygen atoms in total. The number of hydrogen-bond donors (Lipinski definition) is 1. The second kappa shape index (κ2) is 10.8. The van der Waals surface area contributed by atoms with Crippen LogP contribution in [-0.2, 0) is 17.6 Å². The number of unbranched alkanes of at least 4 members (excludes halogenated alkanes) is 2. The topological polar surface area (TPSA) is 29.1 Å². The number of carbonyl (C=O) groups excluding carboxylic acids is 1. The molecule has 0 spiro atoms. The molecular formula is C29H33NO. The van der Waals surface area contributed by atoms with Gasteiger partial charge in [-0.1, -0.05) is 87.9 Å². The summed E-state index contributed by atoms with van der Waals surface area (Å²) in [6, 6.07) is 23.8. The molecule has 1 amide bonds. The maximum atomic E-state index is 11.8. The van der Waals surface area contributed by atoms with Crippen molar-refractivity contribution in [1.29, 1.82) is 0 Å². The van der Waals surface area contributed by atoms with E-state index in [4.69, 9.17) is 0 Å². The average molecular weight is 412 g/mol. The molecule has 0 aliphatic carbocycles. The molecule has 3 rings (SSSR count). The minimum absolute atomic E-state index is 0.150. The van der Waals surface area contributed by atoms with Crippen molar-refractivity contribution in [2.45, 2.75) is 52.9 Å². The monoisotopic (exact) mass is 411 g/mol. The molecule has 0 radical (unpaired) electrons. The Labute approximate surface area is 187 Å². The maximum Gasteiger partial charge on any atom is 0.250 e. The van der Waals surface area contributed by atoms with Gasteiger partial charge in [0.15, 0.2) is 0 Å². The number of rotatable bonds is 9. The van der Waals surface area contributed by atoms with Crippen LogP contribution in [0.3, 0.4) is 0 Å². The smallest absolute Gasteiger partial charge is 0.250 e. The van der Waals surface area contributed by atoms with Crippen LogP contribution in [0.4, 0.5) is 5.69 Å². The Hall–Kier alpha value is -3.13. The number of nitrogens with one attached hydrogen (secondary N) is 1. The average Bonchev–Trinajstić information content (AvgIpc) is 2.80. The van der Waals surface area contributed by atoms with Gasteiger partial charge in [-0.15, -0.1) is 0 Å². The molecule has 0 aliphatic heterocycles. The quantitative estimate of drug-likeness (QED) is 0.282. The predicted octanol–water partition coefficient (Wildman–Crippen LogP) is 7.83. The lowest BCUT2D eigenvalue weighted by molar-refractivity contribution is -0.112. The maximum absolute atomic E-state index is 11.8. The zero-order valence-electron chi connectivity index (χ0n) is 19.0. The van der Waals surface area contributed by atoms with E-state index in [2.05, 4.69) is 80.3 Å². The minimum atomic E-state index is -0.150. The van der Waals surface area contributed by atoms with Gasteiger partial charge in [-0.05, 0) is 71.7 Å². The lowest BCUT2D eigenvalue weighted by Crippen LogP contribution is -2.11. The van der Waals surface area contributed by atoms with Crippen molar-refractivity contribution in [2.75, 3.05) is 5.32 Å². The molecule has 0 heterocycles. The number of aryl methyl sites for hydroxylation is 2. The first kappa shape index (κ1) is 22.6. The van der Waals surface area contributed by atoms with E-state index in [0.29, 0.717) is 5.57 Å². The number of amides is 1. The molecule has 0 bridgehead atoms. The van der Waals surface area contributed by atoms with Gasteiger partial charge in [0, 0.05) is 11.3 Å². The summed E-state index contributed by atoms with van der Waals surface area (Å²) < 4.78 is 0. The molecule has 31 heavy (non-hydrogen) atoms. The number of carbonyl (C=O) groups is 1. The van der Waals surface area contributed by atoms with E-state index in [0.717, 1.165) is 24.1 Å². The third-order valence-corrected chi connectivity index (χ3v) is 5.68. The van der Waals surface area contributed by atoms with Gasteiger partial charge < -0.3 is 5.32 Å². The molecule has 3 aromatic rings. The molecular weight excluding hydrogens is 378 g/mol. The highest BCUT2D eigenvalue weighted by molar-refractivity contribution is 6.02. The van der Waals surface area contributed by atoms with Crippen molar-refractivity contribution in [3.05, 3.63) is 90.0 Å². The van der Waals surface area contributed by atoms with Crippen LogP contribution in [-0.4, -0.2) is 5.91 Å². The second-order valence-electron chi connectivity index (χ2n) is 8.19. The van der Waals surface area contributed by atoms with Crippen LogP contribution < -0.4 is 5.32 Å². The fraction of sp³-hybridized carbons (Fsp3) is 0.276. The molecule has 0 aliphatic rings. The van der Waals surface area contributed by atoms with Crippen LogP contribution in [0.1, 0.15) is 51.2 Å². The summed E-state index contributed by atoms with van der Waals surface area (Å²) in [5.41, 5.74) is 8.94. The largest absolute Gasteiger partial charge is 0.322 e. The van der Waals surface area contributed by atoms with E-state index in [1.807, 2.05) is 12.1 Å². The summed E-state index contributed by atoms with van der Waals surface area (Å²) in [4.78, 5) is 11.8. The van der Waals surface area contributed by atoms with Gasteiger partial charge in [0.05, 0.1) is 0 Å². The minimum Gasteiger partial charge on any atom is -0.322 e. The van der Waals surface area contributed by atoms with Gasteiger partial charge in [0.1, 0.15) is 0 Å². The predicted molar refractivity (Wildman–Crippen MR) is 133 cm³/mol. The summed E-state index contributed by atoms with van der Waals surface area (Å²) >= 11 is 0. The highest BCUT2D eigenvalue weighted by atomic mass is 16.1. The second-order valence-corrected chi connectivity index (χ2v) is 8.19. The van der Waals surface area contributed by atoms with Crippen LogP contribution in [0.15, 0.2) is 78.9 Å². The van der Waals surface area contributed by atoms with Crippen LogP contribution in [0.25, 0.3) is 22.3 Å². The zero-order chi connectivity index (χ0) is 22.2. The lowest BCUT2D eigenvalue weighted by atomic mass is 9.93. The molecule has 0 atom stereocenters. The molecule has 0 fully saturated rings. The first-order valence-electron chi connectivity index (χ1n) is 11.3. The van der Waals surface area contributed by atoms with Crippen molar-refractivity contribution in [3.8, 4) is 22.3 Å². The van der Waals surface area contributed by atoms with E-state index in [9.17, 15) is 4.79 Å². The Morgan fingerprint density at radius 2 is 1.48 bits per heavy atom. The molecule has 3 aromatic carbocycles. The van der Waals surface area contributed by atoms with Crippen molar-refractivity contribution in [3.63, 3.8) is 0 Å². The van der Waals surface area contributed by atoms with Gasteiger partial charge in [-0.25, -0.2) is 0 Å². The Kier molecular flexibility index (Phi) is 7.83. The SMILES string of the molecule is C=C(C)C(=O)Nc1ccc(-c2ccc(-c3ccc(CCCCC)cc3)cc2CC)cc1. The summed E-state index contributed by atoms with van der Waals surface area (Å²) in [6.45, 7) is 9.83. The molecule has 0 aromatic heterocycles. The normalized spacial score (nSPS) is 10.7. The van der Waals surface area contributed by atoms with E-state index in [1.54, 1.807) is 6.92 Å². The molecule has 2 heteroatoms.